The van der Waals surface area contributed by atoms with Gasteiger partial charge in [0, 0.05) is 29.2 Å². The molecule has 0 aliphatic carbocycles. The normalized spacial score (nSPS) is 11.8. The summed E-state index contributed by atoms with van der Waals surface area (Å²) >= 11 is 12.4. The lowest BCUT2D eigenvalue weighted by Gasteiger charge is -2.32. The number of anilines is 1. The average Bonchev–Trinajstić information content (AvgIpc) is 2.95. The van der Waals surface area contributed by atoms with Gasteiger partial charge in [0.2, 0.25) is 11.8 Å². The van der Waals surface area contributed by atoms with E-state index >= 15 is 0 Å². The molecule has 40 heavy (non-hydrogen) atoms. The molecule has 0 heterocycles. The summed E-state index contributed by atoms with van der Waals surface area (Å²) in [7, 11) is -1.34. The van der Waals surface area contributed by atoms with Crippen LogP contribution in [-0.2, 0) is 26.2 Å². The number of methoxy groups -OCH3 is 2. The minimum absolute atomic E-state index is 0.0124. The maximum absolute atomic E-state index is 13.9. The zero-order valence-electron chi connectivity index (χ0n) is 22.6. The van der Waals surface area contributed by atoms with E-state index in [1.54, 1.807) is 50.2 Å². The molecule has 0 aromatic heterocycles. The lowest BCUT2D eigenvalue weighted by molar-refractivity contribution is -0.139. The van der Waals surface area contributed by atoms with E-state index in [0.29, 0.717) is 27.9 Å². The summed E-state index contributed by atoms with van der Waals surface area (Å²) in [5.41, 5.74) is 0.712. The van der Waals surface area contributed by atoms with E-state index in [4.69, 9.17) is 32.7 Å². The van der Waals surface area contributed by atoms with Crippen molar-refractivity contribution >= 4 is 50.7 Å². The highest BCUT2D eigenvalue weighted by molar-refractivity contribution is 7.92. The molecule has 3 aromatic rings. The van der Waals surface area contributed by atoms with Crippen molar-refractivity contribution in [1.82, 2.24) is 10.2 Å². The number of sulfonamides is 1. The lowest BCUT2D eigenvalue weighted by atomic mass is 10.1. The number of ether oxygens (including phenoxy) is 2. The van der Waals surface area contributed by atoms with Crippen LogP contribution in [0, 0.1) is 0 Å². The van der Waals surface area contributed by atoms with Crippen LogP contribution in [0.15, 0.2) is 71.6 Å². The van der Waals surface area contributed by atoms with Crippen molar-refractivity contribution in [2.45, 2.75) is 31.3 Å². The van der Waals surface area contributed by atoms with Crippen LogP contribution in [0.3, 0.4) is 0 Å². The third kappa shape index (κ3) is 7.18. The zero-order valence-corrected chi connectivity index (χ0v) is 24.9. The topological polar surface area (TPSA) is 105 Å². The van der Waals surface area contributed by atoms with E-state index in [1.807, 2.05) is 0 Å². The molecule has 3 aromatic carbocycles. The first-order chi connectivity index (χ1) is 19.0. The Hall–Kier alpha value is -3.47. The molecule has 1 N–H and O–H groups in total. The van der Waals surface area contributed by atoms with Gasteiger partial charge in [0.05, 0.1) is 24.8 Å². The maximum Gasteiger partial charge on any atom is 0.264 e. The van der Waals surface area contributed by atoms with Crippen molar-refractivity contribution in [2.24, 2.45) is 0 Å². The van der Waals surface area contributed by atoms with Gasteiger partial charge in [0.1, 0.15) is 12.6 Å². The fourth-order valence-electron chi connectivity index (χ4n) is 3.97. The van der Waals surface area contributed by atoms with E-state index in [1.165, 1.54) is 49.5 Å². The molecule has 1 atom stereocenters. The number of benzene rings is 3. The molecule has 0 fully saturated rings. The summed E-state index contributed by atoms with van der Waals surface area (Å²) in [6.45, 7) is 3.02. The number of nitrogens with zero attached hydrogens (tertiary/aromatic N) is 2. The van der Waals surface area contributed by atoms with Crippen LogP contribution in [0.1, 0.15) is 19.4 Å². The van der Waals surface area contributed by atoms with Crippen molar-refractivity contribution in [1.29, 1.82) is 0 Å². The maximum atomic E-state index is 13.9. The quantitative estimate of drug-likeness (QED) is 0.318. The first-order valence-corrected chi connectivity index (χ1v) is 14.5. The van der Waals surface area contributed by atoms with Gasteiger partial charge in [0.25, 0.3) is 10.0 Å². The van der Waals surface area contributed by atoms with Crippen molar-refractivity contribution < 1.29 is 27.5 Å². The molecule has 3 rings (SSSR count). The number of rotatable bonds is 12. The molecule has 12 heteroatoms. The van der Waals surface area contributed by atoms with Crippen molar-refractivity contribution in [2.75, 3.05) is 31.6 Å². The summed E-state index contributed by atoms with van der Waals surface area (Å²) in [6, 6.07) is 16.2. The summed E-state index contributed by atoms with van der Waals surface area (Å²) in [5.74, 6) is -0.358. The minimum atomic E-state index is -4.22. The largest absolute Gasteiger partial charge is 0.493 e. The number of likely N-dealkylation sites (N-methyl/N-ethyl adjacent to an activating group) is 1. The Bertz CT molecular complexity index is 1450. The molecule has 0 saturated carbocycles. The first kappa shape index (κ1) is 31.1. The van der Waals surface area contributed by atoms with Crippen molar-refractivity contribution in [3.8, 4) is 11.5 Å². The molecule has 9 nitrogen and oxygen atoms in total. The van der Waals surface area contributed by atoms with Crippen molar-refractivity contribution in [3.05, 3.63) is 82.3 Å². The summed E-state index contributed by atoms with van der Waals surface area (Å²) in [4.78, 5) is 28.0. The zero-order chi connectivity index (χ0) is 29.4. The molecule has 0 aliphatic heterocycles. The standard InChI is InChI=1S/C28H31Cl2N3O6S/c1-5-31-28(35)19(2)32(17-20-11-12-21(29)15-24(20)30)27(34)18-33(40(36,37)23-9-7-6-8-10-23)22-13-14-25(38-3)26(16-22)39-4/h6-16,19H,5,17-18H2,1-4H3,(H,31,35)/t19-/m1/s1. The molecular weight excluding hydrogens is 577 g/mol. The highest BCUT2D eigenvalue weighted by Crippen LogP contribution is 2.34. The molecule has 0 aliphatic rings. The van der Waals surface area contributed by atoms with Crippen LogP contribution in [0.4, 0.5) is 5.69 Å². The number of hydrogen-bond donors (Lipinski definition) is 1. The Balaban J connectivity index is 2.09. The molecule has 0 bridgehead atoms. The van der Waals surface area contributed by atoms with Gasteiger partial charge in [-0.3, -0.25) is 13.9 Å². The van der Waals surface area contributed by atoms with Crippen LogP contribution >= 0.6 is 23.2 Å². The second kappa shape index (κ2) is 13.7. The molecule has 2 amide bonds. The van der Waals surface area contributed by atoms with Crippen LogP contribution in [-0.4, -0.2) is 58.5 Å². The fourth-order valence-corrected chi connectivity index (χ4v) is 5.86. The predicted molar refractivity (Wildman–Crippen MR) is 156 cm³/mol. The van der Waals surface area contributed by atoms with Crippen LogP contribution in [0.2, 0.25) is 10.0 Å². The number of carbonyl (C=O) groups excluding carboxylic acids is 2. The predicted octanol–water partition coefficient (Wildman–Crippen LogP) is 4.76. The Morgan fingerprint density at radius 2 is 1.62 bits per heavy atom. The Labute approximate surface area is 244 Å². The first-order valence-electron chi connectivity index (χ1n) is 12.3. The summed E-state index contributed by atoms with van der Waals surface area (Å²) < 4.78 is 39.4. The van der Waals surface area contributed by atoms with Crippen LogP contribution in [0.5, 0.6) is 11.5 Å². The number of hydrogen-bond acceptors (Lipinski definition) is 6. The van der Waals surface area contributed by atoms with E-state index in [9.17, 15) is 18.0 Å². The molecule has 0 radical (unpaired) electrons. The van der Waals surface area contributed by atoms with E-state index in [2.05, 4.69) is 5.32 Å². The van der Waals surface area contributed by atoms with Crippen molar-refractivity contribution in [3.63, 3.8) is 0 Å². The smallest absolute Gasteiger partial charge is 0.264 e. The van der Waals surface area contributed by atoms with Gasteiger partial charge in [-0.1, -0.05) is 47.5 Å². The summed E-state index contributed by atoms with van der Waals surface area (Å²) in [6.07, 6.45) is 0. The molecule has 0 saturated heterocycles. The molecule has 214 valence electrons. The van der Waals surface area contributed by atoms with Crippen LogP contribution in [0.25, 0.3) is 0 Å². The Morgan fingerprint density at radius 3 is 2.23 bits per heavy atom. The highest BCUT2D eigenvalue weighted by atomic mass is 35.5. The van der Waals surface area contributed by atoms with E-state index in [-0.39, 0.29) is 22.9 Å². The Kier molecular flexibility index (Phi) is 10.7. The molecule has 0 spiro atoms. The second-order valence-corrected chi connectivity index (χ2v) is 11.4. The van der Waals surface area contributed by atoms with E-state index in [0.717, 1.165) is 4.31 Å². The number of amides is 2. The second-order valence-electron chi connectivity index (χ2n) is 8.69. The van der Waals surface area contributed by atoms with Gasteiger partial charge in [0.15, 0.2) is 11.5 Å². The van der Waals surface area contributed by atoms with Gasteiger partial charge in [-0.2, -0.15) is 0 Å². The lowest BCUT2D eigenvalue weighted by Crippen LogP contribution is -2.51. The number of nitrogens with one attached hydrogen (secondary N) is 1. The average molecular weight is 609 g/mol. The van der Waals surface area contributed by atoms with E-state index < -0.39 is 34.4 Å². The van der Waals surface area contributed by atoms with Gasteiger partial charge in [-0.05, 0) is 55.8 Å². The number of carbonyl (C=O) groups is 2. The third-order valence-electron chi connectivity index (χ3n) is 6.14. The van der Waals surface area contributed by atoms with Crippen LogP contribution < -0.4 is 19.1 Å². The number of halogens is 2. The van der Waals surface area contributed by atoms with Gasteiger partial charge < -0.3 is 19.7 Å². The minimum Gasteiger partial charge on any atom is -0.493 e. The highest BCUT2D eigenvalue weighted by Gasteiger charge is 2.33. The van der Waals surface area contributed by atoms with Gasteiger partial charge >= 0.3 is 0 Å². The Morgan fingerprint density at radius 1 is 0.950 bits per heavy atom. The molecular formula is C28H31Cl2N3O6S. The SMILES string of the molecule is CCNC(=O)[C@@H](C)N(Cc1ccc(Cl)cc1Cl)C(=O)CN(c1ccc(OC)c(OC)c1)S(=O)(=O)c1ccccc1. The third-order valence-corrected chi connectivity index (χ3v) is 8.51. The van der Waals surface area contributed by atoms with Gasteiger partial charge in [-0.15, -0.1) is 0 Å². The fraction of sp³-hybridized carbons (Fsp3) is 0.286. The van der Waals surface area contributed by atoms with Gasteiger partial charge in [-0.25, -0.2) is 8.42 Å². The molecule has 0 unspecified atom stereocenters. The summed E-state index contributed by atoms with van der Waals surface area (Å²) in [5, 5.41) is 3.43. The monoisotopic (exact) mass is 607 g/mol.